The topological polar surface area (TPSA) is 56.9 Å². The lowest BCUT2D eigenvalue weighted by molar-refractivity contribution is -0.121. The number of amides is 1. The summed E-state index contributed by atoms with van der Waals surface area (Å²) in [5.41, 5.74) is 2.16. The minimum absolute atomic E-state index is 0.114. The third-order valence-electron chi connectivity index (χ3n) is 3.94. The fourth-order valence-corrected chi connectivity index (χ4v) is 2.87. The number of carbonyl (C=O) groups is 1. The second kappa shape index (κ2) is 6.09. The molecule has 106 valence electrons. The number of H-pyrrole nitrogens is 1. The molecule has 1 aromatic heterocycles. The number of hydrogen-bond acceptors (Lipinski definition) is 2. The molecule has 1 aliphatic heterocycles. The molecule has 3 rings (SSSR count). The number of rotatable bonds is 3. The van der Waals surface area contributed by atoms with Crippen LogP contribution in [-0.4, -0.2) is 30.0 Å². The molecular weight excluding hydrogens is 250 g/mol. The van der Waals surface area contributed by atoms with Crippen LogP contribution in [0.4, 0.5) is 0 Å². The maximum atomic E-state index is 12.2. The van der Waals surface area contributed by atoms with Gasteiger partial charge in [-0.2, -0.15) is 0 Å². The number of aromatic amines is 1. The van der Waals surface area contributed by atoms with E-state index in [1.807, 2.05) is 24.4 Å². The van der Waals surface area contributed by atoms with Crippen LogP contribution in [0.15, 0.2) is 30.5 Å². The van der Waals surface area contributed by atoms with Gasteiger partial charge in [-0.15, -0.1) is 0 Å². The van der Waals surface area contributed by atoms with Crippen molar-refractivity contribution in [2.45, 2.75) is 31.7 Å². The molecule has 0 aliphatic carbocycles. The van der Waals surface area contributed by atoms with Crippen molar-refractivity contribution in [2.24, 2.45) is 0 Å². The molecule has 1 atom stereocenters. The van der Waals surface area contributed by atoms with E-state index in [1.165, 1.54) is 12.8 Å². The van der Waals surface area contributed by atoms with E-state index in [0.29, 0.717) is 6.42 Å². The molecular formula is C16H21N3O. The van der Waals surface area contributed by atoms with Crippen molar-refractivity contribution in [1.82, 2.24) is 15.6 Å². The normalized spacial score (nSPS) is 19.7. The number of aromatic nitrogens is 1. The van der Waals surface area contributed by atoms with E-state index in [1.54, 1.807) is 0 Å². The van der Waals surface area contributed by atoms with Crippen molar-refractivity contribution in [1.29, 1.82) is 0 Å². The number of nitrogens with one attached hydrogen (secondary N) is 3. The average molecular weight is 271 g/mol. The van der Waals surface area contributed by atoms with Gasteiger partial charge in [0, 0.05) is 29.7 Å². The van der Waals surface area contributed by atoms with E-state index in [4.69, 9.17) is 0 Å². The first kappa shape index (κ1) is 13.2. The molecule has 4 heteroatoms. The lowest BCUT2D eigenvalue weighted by Gasteiger charge is -2.16. The molecule has 1 saturated heterocycles. The number of para-hydroxylation sites is 1. The summed E-state index contributed by atoms with van der Waals surface area (Å²) in [6, 6.07) is 8.37. The van der Waals surface area contributed by atoms with Crippen molar-refractivity contribution < 1.29 is 4.79 Å². The van der Waals surface area contributed by atoms with Gasteiger partial charge in [0.15, 0.2) is 0 Å². The zero-order valence-electron chi connectivity index (χ0n) is 11.6. The molecule has 0 bridgehead atoms. The van der Waals surface area contributed by atoms with Crippen LogP contribution in [-0.2, 0) is 11.2 Å². The first-order valence-electron chi connectivity index (χ1n) is 7.38. The Kier molecular flexibility index (Phi) is 4.02. The first-order valence-corrected chi connectivity index (χ1v) is 7.38. The fourth-order valence-electron chi connectivity index (χ4n) is 2.87. The first-order chi connectivity index (χ1) is 9.83. The van der Waals surface area contributed by atoms with E-state index >= 15 is 0 Å². The van der Waals surface area contributed by atoms with Gasteiger partial charge in [-0.1, -0.05) is 24.6 Å². The predicted octanol–water partition coefficient (Wildman–Crippen LogP) is 1.97. The van der Waals surface area contributed by atoms with Crippen LogP contribution in [0.2, 0.25) is 0 Å². The summed E-state index contributed by atoms with van der Waals surface area (Å²) in [5, 5.41) is 7.66. The third-order valence-corrected chi connectivity index (χ3v) is 3.94. The number of benzene rings is 1. The molecule has 0 spiro atoms. The van der Waals surface area contributed by atoms with Crippen LogP contribution in [0.3, 0.4) is 0 Å². The Labute approximate surface area is 118 Å². The van der Waals surface area contributed by atoms with Gasteiger partial charge < -0.3 is 15.6 Å². The smallest absolute Gasteiger partial charge is 0.224 e. The molecule has 0 saturated carbocycles. The Morgan fingerprint density at radius 3 is 3.15 bits per heavy atom. The van der Waals surface area contributed by atoms with Gasteiger partial charge in [0.05, 0.1) is 6.42 Å². The standard InChI is InChI=1S/C16H21N3O/c20-16(19-13-5-3-4-8-17-11-13)9-12-10-18-15-7-2-1-6-14(12)15/h1-2,6-7,10,13,17-18H,3-5,8-9,11H2,(H,19,20). The van der Waals surface area contributed by atoms with Gasteiger partial charge in [-0.05, 0) is 31.0 Å². The van der Waals surface area contributed by atoms with Gasteiger partial charge in [0.2, 0.25) is 5.91 Å². The van der Waals surface area contributed by atoms with Crippen LogP contribution >= 0.6 is 0 Å². The fraction of sp³-hybridized carbons (Fsp3) is 0.438. The number of carbonyl (C=O) groups excluding carboxylic acids is 1. The Bertz CT molecular complexity index is 582. The third kappa shape index (κ3) is 3.02. The number of hydrogen-bond donors (Lipinski definition) is 3. The van der Waals surface area contributed by atoms with Gasteiger partial charge >= 0.3 is 0 Å². The zero-order chi connectivity index (χ0) is 13.8. The molecule has 3 N–H and O–H groups in total. The molecule has 1 aromatic carbocycles. The van der Waals surface area contributed by atoms with Crippen molar-refractivity contribution >= 4 is 16.8 Å². The van der Waals surface area contributed by atoms with Crippen LogP contribution in [0, 0.1) is 0 Å². The summed E-state index contributed by atoms with van der Waals surface area (Å²) < 4.78 is 0. The van der Waals surface area contributed by atoms with Gasteiger partial charge in [0.25, 0.3) is 0 Å². The highest BCUT2D eigenvalue weighted by Crippen LogP contribution is 2.18. The SMILES string of the molecule is O=C(Cc1c[nH]c2ccccc12)NC1CCCCNC1. The summed E-state index contributed by atoms with van der Waals surface area (Å²) in [5.74, 6) is 0.114. The van der Waals surface area contributed by atoms with Crippen LogP contribution < -0.4 is 10.6 Å². The zero-order valence-corrected chi connectivity index (χ0v) is 11.6. The van der Waals surface area contributed by atoms with Gasteiger partial charge in [0.1, 0.15) is 0 Å². The molecule has 1 fully saturated rings. The van der Waals surface area contributed by atoms with Crippen molar-refractivity contribution in [3.8, 4) is 0 Å². The Morgan fingerprint density at radius 2 is 2.20 bits per heavy atom. The van der Waals surface area contributed by atoms with E-state index in [2.05, 4.69) is 21.7 Å². The van der Waals surface area contributed by atoms with Gasteiger partial charge in [-0.25, -0.2) is 0 Å². The largest absolute Gasteiger partial charge is 0.361 e. The predicted molar refractivity (Wildman–Crippen MR) is 80.7 cm³/mol. The Morgan fingerprint density at radius 1 is 1.30 bits per heavy atom. The monoisotopic (exact) mass is 271 g/mol. The van der Waals surface area contributed by atoms with Crippen LogP contribution in [0.25, 0.3) is 10.9 Å². The minimum atomic E-state index is 0.114. The van der Waals surface area contributed by atoms with Crippen LogP contribution in [0.5, 0.6) is 0 Å². The molecule has 4 nitrogen and oxygen atoms in total. The summed E-state index contributed by atoms with van der Waals surface area (Å²) in [6.07, 6.45) is 5.85. The molecule has 1 unspecified atom stereocenters. The summed E-state index contributed by atoms with van der Waals surface area (Å²) in [6.45, 7) is 1.95. The quantitative estimate of drug-likeness (QED) is 0.799. The second-order valence-corrected chi connectivity index (χ2v) is 5.50. The molecule has 1 aliphatic rings. The lowest BCUT2D eigenvalue weighted by Crippen LogP contribution is -2.41. The lowest BCUT2D eigenvalue weighted by atomic mass is 10.1. The molecule has 0 radical (unpaired) electrons. The molecule has 1 amide bonds. The van der Waals surface area contributed by atoms with Crippen LogP contribution in [0.1, 0.15) is 24.8 Å². The Balaban J connectivity index is 1.63. The van der Waals surface area contributed by atoms with E-state index < -0.39 is 0 Å². The molecule has 2 aromatic rings. The summed E-state index contributed by atoms with van der Waals surface area (Å²) in [7, 11) is 0. The maximum Gasteiger partial charge on any atom is 0.224 e. The minimum Gasteiger partial charge on any atom is -0.361 e. The van der Waals surface area contributed by atoms with E-state index in [-0.39, 0.29) is 11.9 Å². The Hall–Kier alpha value is -1.81. The average Bonchev–Trinajstić information content (AvgIpc) is 2.68. The second-order valence-electron chi connectivity index (χ2n) is 5.50. The number of fused-ring (bicyclic) bond motifs is 1. The highest BCUT2D eigenvalue weighted by atomic mass is 16.1. The van der Waals surface area contributed by atoms with Crippen molar-refractivity contribution in [2.75, 3.05) is 13.1 Å². The highest BCUT2D eigenvalue weighted by Gasteiger charge is 2.15. The van der Waals surface area contributed by atoms with Gasteiger partial charge in [-0.3, -0.25) is 4.79 Å². The molecule has 20 heavy (non-hydrogen) atoms. The van der Waals surface area contributed by atoms with E-state index in [9.17, 15) is 4.79 Å². The molecule has 2 heterocycles. The van der Waals surface area contributed by atoms with Crippen molar-refractivity contribution in [3.63, 3.8) is 0 Å². The summed E-state index contributed by atoms with van der Waals surface area (Å²) >= 11 is 0. The summed E-state index contributed by atoms with van der Waals surface area (Å²) in [4.78, 5) is 15.4. The van der Waals surface area contributed by atoms with Crippen molar-refractivity contribution in [3.05, 3.63) is 36.0 Å². The maximum absolute atomic E-state index is 12.2. The highest BCUT2D eigenvalue weighted by molar-refractivity contribution is 5.88. The van der Waals surface area contributed by atoms with E-state index in [0.717, 1.165) is 36.0 Å².